The Morgan fingerprint density at radius 2 is 1.54 bits per heavy atom. The Morgan fingerprint density at radius 1 is 0.821 bits per heavy atom. The van der Waals surface area contributed by atoms with Gasteiger partial charge >= 0.3 is 5.97 Å². The zero-order valence-corrected chi connectivity index (χ0v) is 22.9. The molecule has 0 saturated carbocycles. The molecule has 0 saturated heterocycles. The van der Waals surface area contributed by atoms with Crippen LogP contribution in [0.2, 0.25) is 20.1 Å². The Labute approximate surface area is 243 Å². The van der Waals surface area contributed by atoms with Crippen molar-refractivity contribution in [2.75, 3.05) is 0 Å². The van der Waals surface area contributed by atoms with E-state index in [0.717, 1.165) is 5.39 Å². The summed E-state index contributed by atoms with van der Waals surface area (Å²) in [6.07, 6.45) is 1.37. The third-order valence-corrected chi connectivity index (χ3v) is 6.89. The number of esters is 1. The van der Waals surface area contributed by atoms with Gasteiger partial charge in [-0.15, -0.1) is 0 Å². The van der Waals surface area contributed by atoms with Gasteiger partial charge in [-0.2, -0.15) is 5.10 Å². The molecule has 5 rings (SSSR count). The van der Waals surface area contributed by atoms with Crippen LogP contribution in [0.15, 0.2) is 90.0 Å². The highest BCUT2D eigenvalue weighted by Crippen LogP contribution is 2.37. The lowest BCUT2D eigenvalue weighted by Gasteiger charge is -2.09. The molecule has 0 unspecified atom stereocenters. The summed E-state index contributed by atoms with van der Waals surface area (Å²) in [5.74, 6) is -0.942. The molecule has 0 aliphatic carbocycles. The van der Waals surface area contributed by atoms with E-state index < -0.39 is 11.9 Å². The van der Waals surface area contributed by atoms with Gasteiger partial charge in [-0.05, 0) is 54.6 Å². The molecule has 0 bridgehead atoms. The van der Waals surface area contributed by atoms with Crippen molar-refractivity contribution < 1.29 is 14.3 Å². The molecule has 1 amide bonds. The Kier molecular flexibility index (Phi) is 7.91. The number of aromatic nitrogens is 1. The van der Waals surface area contributed by atoms with Gasteiger partial charge in [0.25, 0.3) is 5.91 Å². The number of carbonyl (C=O) groups is 2. The van der Waals surface area contributed by atoms with Gasteiger partial charge in [0.1, 0.15) is 11.4 Å². The number of H-pyrrole nitrogens is 1. The van der Waals surface area contributed by atoms with Crippen LogP contribution in [0.25, 0.3) is 22.0 Å². The van der Waals surface area contributed by atoms with E-state index in [-0.39, 0.29) is 22.0 Å². The number of fused-ring (bicyclic) bond motifs is 1. The predicted molar refractivity (Wildman–Crippen MR) is 157 cm³/mol. The third-order valence-electron chi connectivity index (χ3n) is 5.77. The van der Waals surface area contributed by atoms with Crippen molar-refractivity contribution in [2.45, 2.75) is 0 Å². The summed E-state index contributed by atoms with van der Waals surface area (Å²) >= 11 is 24.8. The van der Waals surface area contributed by atoms with E-state index in [4.69, 9.17) is 51.1 Å². The first-order valence-electron chi connectivity index (χ1n) is 11.5. The largest absolute Gasteiger partial charge is 0.422 e. The van der Waals surface area contributed by atoms with E-state index in [2.05, 4.69) is 15.5 Å². The Bertz CT molecular complexity index is 1760. The molecule has 4 aromatic carbocycles. The molecule has 1 heterocycles. The monoisotopic (exact) mass is 595 g/mol. The normalized spacial score (nSPS) is 11.2. The molecule has 194 valence electrons. The molecule has 0 radical (unpaired) electrons. The topological polar surface area (TPSA) is 83.5 Å². The Hall–Kier alpha value is -3.81. The highest BCUT2D eigenvalue weighted by Gasteiger charge is 2.21. The van der Waals surface area contributed by atoms with Crippen LogP contribution in [0.4, 0.5) is 0 Å². The third kappa shape index (κ3) is 5.79. The highest BCUT2D eigenvalue weighted by molar-refractivity contribution is 6.36. The van der Waals surface area contributed by atoms with Crippen molar-refractivity contribution in [3.05, 3.63) is 122 Å². The van der Waals surface area contributed by atoms with E-state index in [1.165, 1.54) is 18.3 Å². The van der Waals surface area contributed by atoms with Crippen molar-refractivity contribution in [1.82, 2.24) is 10.4 Å². The first-order valence-corrected chi connectivity index (χ1v) is 13.0. The standard InChI is InChI=1S/C29H17Cl4N3O3/c30-17-10-12-24-21(13-17)26(19-6-2-3-7-22(19)32)27(35-24)28(37)36-34-15-16-5-1-4-8-25(16)39-29(38)20-11-9-18(31)14-23(20)33/h1-15,35H,(H,36,37). The number of nitrogens with one attached hydrogen (secondary N) is 2. The van der Waals surface area contributed by atoms with E-state index in [1.807, 2.05) is 18.2 Å². The minimum atomic E-state index is -0.664. The van der Waals surface area contributed by atoms with Gasteiger partial charge in [-0.3, -0.25) is 4.79 Å². The lowest BCUT2D eigenvalue weighted by atomic mass is 10.0. The average Bonchev–Trinajstić information content (AvgIpc) is 3.28. The minimum Gasteiger partial charge on any atom is -0.422 e. The highest BCUT2D eigenvalue weighted by atomic mass is 35.5. The zero-order valence-electron chi connectivity index (χ0n) is 19.8. The number of nitrogens with zero attached hydrogens (tertiary/aromatic N) is 1. The number of aromatic amines is 1. The first kappa shape index (κ1) is 26.8. The summed E-state index contributed by atoms with van der Waals surface area (Å²) in [5.41, 5.74) is 5.37. The van der Waals surface area contributed by atoms with Gasteiger partial charge in [-0.1, -0.05) is 76.7 Å². The molecular formula is C29H17Cl4N3O3. The lowest BCUT2D eigenvalue weighted by Crippen LogP contribution is -2.19. The number of carbonyl (C=O) groups excluding carboxylic acids is 2. The fourth-order valence-electron chi connectivity index (χ4n) is 3.98. The fourth-order valence-corrected chi connectivity index (χ4v) is 4.87. The molecular weight excluding hydrogens is 580 g/mol. The van der Waals surface area contributed by atoms with Crippen LogP contribution in [0, 0.1) is 0 Å². The second kappa shape index (κ2) is 11.5. The molecule has 5 aromatic rings. The SMILES string of the molecule is O=C(Oc1ccccc1C=NNC(=O)c1[nH]c2ccc(Cl)cc2c1-c1ccccc1Cl)c1ccc(Cl)cc1Cl. The van der Waals surface area contributed by atoms with E-state index in [9.17, 15) is 9.59 Å². The van der Waals surface area contributed by atoms with Crippen LogP contribution < -0.4 is 10.2 Å². The lowest BCUT2D eigenvalue weighted by molar-refractivity contribution is 0.0734. The van der Waals surface area contributed by atoms with Gasteiger partial charge in [0, 0.05) is 42.7 Å². The maximum atomic E-state index is 13.3. The van der Waals surface area contributed by atoms with Gasteiger partial charge < -0.3 is 9.72 Å². The van der Waals surface area contributed by atoms with Crippen molar-refractivity contribution >= 4 is 75.4 Å². The molecule has 0 atom stereocenters. The Morgan fingerprint density at radius 3 is 2.33 bits per heavy atom. The smallest absolute Gasteiger partial charge is 0.345 e. The molecule has 1 aromatic heterocycles. The van der Waals surface area contributed by atoms with Gasteiger partial charge in [0.05, 0.1) is 16.8 Å². The number of hydrazone groups is 1. The number of benzene rings is 4. The van der Waals surface area contributed by atoms with Gasteiger partial charge in [0.2, 0.25) is 0 Å². The van der Waals surface area contributed by atoms with Crippen LogP contribution in [-0.2, 0) is 0 Å². The maximum absolute atomic E-state index is 13.3. The quantitative estimate of drug-likeness (QED) is 0.0892. The molecule has 0 fully saturated rings. The second-order valence-corrected chi connectivity index (χ2v) is 9.98. The van der Waals surface area contributed by atoms with Crippen LogP contribution in [-0.4, -0.2) is 23.1 Å². The number of hydrogen-bond donors (Lipinski definition) is 2. The van der Waals surface area contributed by atoms with Crippen LogP contribution in [0.3, 0.4) is 0 Å². The predicted octanol–water partition coefficient (Wildman–Crippen LogP) is 8.43. The summed E-state index contributed by atoms with van der Waals surface area (Å²) < 4.78 is 5.53. The molecule has 0 aliphatic rings. The molecule has 0 spiro atoms. The zero-order chi connectivity index (χ0) is 27.5. The fraction of sp³-hybridized carbons (Fsp3) is 0. The minimum absolute atomic E-state index is 0.159. The van der Waals surface area contributed by atoms with Crippen LogP contribution >= 0.6 is 46.4 Å². The number of hydrogen-bond acceptors (Lipinski definition) is 4. The Balaban J connectivity index is 1.41. The number of amides is 1. The summed E-state index contributed by atoms with van der Waals surface area (Å²) in [5, 5.41) is 6.40. The van der Waals surface area contributed by atoms with Crippen molar-refractivity contribution in [1.29, 1.82) is 0 Å². The summed E-state index contributed by atoms with van der Waals surface area (Å²) in [4.78, 5) is 29.1. The van der Waals surface area contributed by atoms with Gasteiger partial charge in [-0.25, -0.2) is 10.2 Å². The molecule has 10 heteroatoms. The van der Waals surface area contributed by atoms with E-state index >= 15 is 0 Å². The van der Waals surface area contributed by atoms with E-state index in [0.29, 0.717) is 37.3 Å². The van der Waals surface area contributed by atoms with E-state index in [1.54, 1.807) is 54.6 Å². The van der Waals surface area contributed by atoms with Crippen molar-refractivity contribution in [3.63, 3.8) is 0 Å². The van der Waals surface area contributed by atoms with Crippen molar-refractivity contribution in [3.8, 4) is 16.9 Å². The van der Waals surface area contributed by atoms with Crippen LogP contribution in [0.5, 0.6) is 5.75 Å². The maximum Gasteiger partial charge on any atom is 0.345 e. The number of ether oxygens (including phenoxy) is 1. The van der Waals surface area contributed by atoms with Crippen LogP contribution in [0.1, 0.15) is 26.4 Å². The summed E-state index contributed by atoms with van der Waals surface area (Å²) in [7, 11) is 0. The molecule has 39 heavy (non-hydrogen) atoms. The van der Waals surface area contributed by atoms with Crippen molar-refractivity contribution in [2.24, 2.45) is 5.10 Å². The molecule has 6 nitrogen and oxygen atoms in total. The number of halogens is 4. The second-order valence-electron chi connectivity index (χ2n) is 8.30. The first-order chi connectivity index (χ1) is 18.8. The summed E-state index contributed by atoms with van der Waals surface area (Å²) in [6, 6.07) is 23.7. The number of para-hydroxylation sites is 1. The summed E-state index contributed by atoms with van der Waals surface area (Å²) in [6.45, 7) is 0. The molecule has 0 aliphatic heterocycles. The van der Waals surface area contributed by atoms with Gasteiger partial charge in [0.15, 0.2) is 0 Å². The number of rotatable bonds is 6. The average molecular weight is 597 g/mol. The molecule has 2 N–H and O–H groups in total.